The molecule has 0 aromatic heterocycles. The van der Waals surface area contributed by atoms with E-state index in [4.69, 9.17) is 4.74 Å². The molecular weight excluding hydrogens is 296 g/mol. The largest absolute Gasteiger partial charge is 0.508 e. The highest BCUT2D eigenvalue weighted by molar-refractivity contribution is 6.02. The van der Waals surface area contributed by atoms with E-state index in [-0.39, 0.29) is 22.8 Å². The second-order valence-corrected chi connectivity index (χ2v) is 4.96. The van der Waals surface area contributed by atoms with Crippen LogP contribution < -0.4 is 5.32 Å². The van der Waals surface area contributed by atoms with E-state index in [1.54, 1.807) is 29.3 Å². The van der Waals surface area contributed by atoms with Gasteiger partial charge in [0.1, 0.15) is 5.75 Å². The number of benzene rings is 1. The average Bonchev–Trinajstić information content (AvgIpc) is 2.55. The van der Waals surface area contributed by atoms with E-state index in [0.29, 0.717) is 12.2 Å². The molecule has 0 saturated carbocycles. The Balaban J connectivity index is 2.36. The third-order valence-corrected chi connectivity index (χ3v) is 3.41. The molecule has 1 aliphatic rings. The van der Waals surface area contributed by atoms with Crippen LogP contribution in [0.4, 0.5) is 0 Å². The van der Waals surface area contributed by atoms with Crippen LogP contribution in [0, 0.1) is 0 Å². The maximum atomic E-state index is 12.0. The molecular formula is C17H18N2O4. The molecule has 0 bridgehead atoms. The van der Waals surface area contributed by atoms with Crippen molar-refractivity contribution in [1.82, 2.24) is 10.2 Å². The summed E-state index contributed by atoms with van der Waals surface area (Å²) in [5, 5.41) is 12.1. The lowest BCUT2D eigenvalue weighted by Crippen LogP contribution is -2.30. The van der Waals surface area contributed by atoms with Crippen molar-refractivity contribution in [3.63, 3.8) is 0 Å². The lowest BCUT2D eigenvalue weighted by molar-refractivity contribution is -0.135. The number of phenolic OH excluding ortho intramolecular Hbond substituents is 1. The number of amides is 1. The molecule has 1 aromatic rings. The molecule has 0 unspecified atom stereocenters. The SMILES string of the molecule is C=C1C(C(=O)NC)=CC(C(=O)OC)=CN1Cc1cccc(O)c1. The van der Waals surface area contributed by atoms with Crippen LogP contribution in [0.3, 0.4) is 0 Å². The molecule has 6 heteroatoms. The van der Waals surface area contributed by atoms with Crippen LogP contribution in [0.1, 0.15) is 5.56 Å². The molecule has 0 spiro atoms. The van der Waals surface area contributed by atoms with Gasteiger partial charge in [-0.1, -0.05) is 18.7 Å². The maximum absolute atomic E-state index is 12.0. The van der Waals surface area contributed by atoms with Crippen LogP contribution in [0.5, 0.6) is 5.75 Å². The third kappa shape index (κ3) is 3.60. The second kappa shape index (κ2) is 6.83. The fourth-order valence-corrected chi connectivity index (χ4v) is 2.23. The summed E-state index contributed by atoms with van der Waals surface area (Å²) < 4.78 is 4.72. The molecule has 1 aromatic carbocycles. The van der Waals surface area contributed by atoms with Gasteiger partial charge in [0, 0.05) is 25.5 Å². The van der Waals surface area contributed by atoms with Gasteiger partial charge in [0.2, 0.25) is 0 Å². The summed E-state index contributed by atoms with van der Waals surface area (Å²) in [4.78, 5) is 25.5. The third-order valence-electron chi connectivity index (χ3n) is 3.41. The first-order valence-electron chi connectivity index (χ1n) is 6.94. The second-order valence-electron chi connectivity index (χ2n) is 4.96. The minimum Gasteiger partial charge on any atom is -0.508 e. The summed E-state index contributed by atoms with van der Waals surface area (Å²) >= 11 is 0. The summed E-state index contributed by atoms with van der Waals surface area (Å²) in [5.41, 5.74) is 1.80. The molecule has 0 atom stereocenters. The van der Waals surface area contributed by atoms with Gasteiger partial charge >= 0.3 is 5.97 Å². The van der Waals surface area contributed by atoms with Gasteiger partial charge in [-0.3, -0.25) is 4.79 Å². The number of hydrogen-bond acceptors (Lipinski definition) is 5. The average molecular weight is 314 g/mol. The summed E-state index contributed by atoms with van der Waals surface area (Å²) in [7, 11) is 2.78. The number of methoxy groups -OCH3 is 1. The normalized spacial score (nSPS) is 14.0. The van der Waals surface area contributed by atoms with Crippen LogP contribution in [0.15, 0.2) is 60.0 Å². The zero-order valence-corrected chi connectivity index (χ0v) is 13.0. The molecule has 1 heterocycles. The number of phenols is 1. The van der Waals surface area contributed by atoms with Crippen molar-refractivity contribution >= 4 is 11.9 Å². The Morgan fingerprint density at radius 2 is 2.13 bits per heavy atom. The van der Waals surface area contributed by atoms with Crippen LogP contribution in [-0.4, -0.2) is 36.0 Å². The first kappa shape index (κ1) is 16.4. The van der Waals surface area contributed by atoms with Gasteiger partial charge in [-0.25, -0.2) is 4.79 Å². The molecule has 120 valence electrons. The molecule has 1 aliphatic heterocycles. The molecule has 0 radical (unpaired) electrons. The van der Waals surface area contributed by atoms with Crippen molar-refractivity contribution in [2.75, 3.05) is 14.2 Å². The Morgan fingerprint density at radius 3 is 2.74 bits per heavy atom. The molecule has 23 heavy (non-hydrogen) atoms. The van der Waals surface area contributed by atoms with Crippen molar-refractivity contribution in [2.24, 2.45) is 0 Å². The first-order valence-corrected chi connectivity index (χ1v) is 6.94. The lowest BCUT2D eigenvalue weighted by Gasteiger charge is -2.28. The van der Waals surface area contributed by atoms with Crippen LogP contribution in [0.25, 0.3) is 0 Å². The number of rotatable bonds is 4. The monoisotopic (exact) mass is 314 g/mol. The van der Waals surface area contributed by atoms with Gasteiger partial charge in [-0.15, -0.1) is 0 Å². The predicted molar refractivity (Wildman–Crippen MR) is 85.0 cm³/mol. The molecule has 0 saturated heterocycles. The number of hydrogen-bond donors (Lipinski definition) is 2. The summed E-state index contributed by atoms with van der Waals surface area (Å²) in [6, 6.07) is 6.73. The fraction of sp³-hybridized carbons (Fsp3) is 0.176. The number of esters is 1. The van der Waals surface area contributed by atoms with E-state index in [1.165, 1.54) is 20.2 Å². The zero-order chi connectivity index (χ0) is 17.0. The van der Waals surface area contributed by atoms with E-state index in [1.807, 2.05) is 6.07 Å². The minimum atomic E-state index is -0.542. The summed E-state index contributed by atoms with van der Waals surface area (Å²) in [6.07, 6.45) is 3.02. The van der Waals surface area contributed by atoms with E-state index in [2.05, 4.69) is 11.9 Å². The van der Waals surface area contributed by atoms with Crippen molar-refractivity contribution in [1.29, 1.82) is 0 Å². The van der Waals surface area contributed by atoms with Crippen LogP contribution in [-0.2, 0) is 20.9 Å². The summed E-state index contributed by atoms with van der Waals surface area (Å²) in [6.45, 7) is 4.27. The highest BCUT2D eigenvalue weighted by Crippen LogP contribution is 2.26. The molecule has 0 aliphatic carbocycles. The van der Waals surface area contributed by atoms with Crippen LogP contribution in [0.2, 0.25) is 0 Å². The number of nitrogens with zero attached hydrogens (tertiary/aromatic N) is 1. The smallest absolute Gasteiger partial charge is 0.339 e. The van der Waals surface area contributed by atoms with E-state index < -0.39 is 5.97 Å². The Hall–Kier alpha value is -3.02. The van der Waals surface area contributed by atoms with E-state index >= 15 is 0 Å². The van der Waals surface area contributed by atoms with Gasteiger partial charge in [-0.05, 0) is 23.8 Å². The fourth-order valence-electron chi connectivity index (χ4n) is 2.23. The number of nitrogens with one attached hydrogen (secondary N) is 1. The standard InChI is InChI=1S/C17H18N2O4/c1-11-15(16(21)18-2)8-13(17(22)23-3)10-19(11)9-12-5-4-6-14(20)7-12/h4-8,10,20H,1,9H2,2-3H3,(H,18,21). The van der Waals surface area contributed by atoms with E-state index in [0.717, 1.165) is 5.56 Å². The van der Waals surface area contributed by atoms with Gasteiger partial charge in [0.05, 0.1) is 18.3 Å². The van der Waals surface area contributed by atoms with Gasteiger partial charge < -0.3 is 20.1 Å². The Kier molecular flexibility index (Phi) is 4.85. The zero-order valence-electron chi connectivity index (χ0n) is 13.0. The Labute approximate surface area is 134 Å². The van der Waals surface area contributed by atoms with Gasteiger partial charge in [-0.2, -0.15) is 0 Å². The number of carbonyl (C=O) groups excluding carboxylic acids is 2. The summed E-state index contributed by atoms with van der Waals surface area (Å²) in [5.74, 6) is -0.741. The first-order chi connectivity index (χ1) is 11.0. The molecule has 6 nitrogen and oxygen atoms in total. The molecule has 2 N–H and O–H groups in total. The minimum absolute atomic E-state index is 0.143. The topological polar surface area (TPSA) is 78.9 Å². The number of carbonyl (C=O) groups is 2. The highest BCUT2D eigenvalue weighted by atomic mass is 16.5. The van der Waals surface area contributed by atoms with Gasteiger partial charge in [0.25, 0.3) is 5.91 Å². The lowest BCUT2D eigenvalue weighted by atomic mass is 10.0. The quantitative estimate of drug-likeness (QED) is 0.823. The number of likely N-dealkylation sites (N-methyl/N-ethyl adjacent to an activating group) is 1. The maximum Gasteiger partial charge on any atom is 0.339 e. The molecule has 1 amide bonds. The molecule has 2 rings (SSSR count). The Morgan fingerprint density at radius 1 is 1.39 bits per heavy atom. The predicted octanol–water partition coefficient (Wildman–Crippen LogP) is 1.45. The van der Waals surface area contributed by atoms with Crippen molar-refractivity contribution < 1.29 is 19.4 Å². The van der Waals surface area contributed by atoms with Crippen molar-refractivity contribution in [3.8, 4) is 5.75 Å². The molecule has 0 fully saturated rings. The van der Waals surface area contributed by atoms with Crippen LogP contribution >= 0.6 is 0 Å². The van der Waals surface area contributed by atoms with Crippen molar-refractivity contribution in [2.45, 2.75) is 6.54 Å². The number of ether oxygens (including phenoxy) is 1. The Bertz CT molecular complexity index is 719. The van der Waals surface area contributed by atoms with E-state index in [9.17, 15) is 14.7 Å². The van der Waals surface area contributed by atoms with Crippen molar-refractivity contribution in [3.05, 3.63) is 65.5 Å². The van der Waals surface area contributed by atoms with Gasteiger partial charge in [0.15, 0.2) is 0 Å². The number of aromatic hydroxyl groups is 1. The highest BCUT2D eigenvalue weighted by Gasteiger charge is 2.24.